The molecule has 0 aromatic heterocycles. The number of nitrogens with zero attached hydrogens (tertiary/aromatic N) is 1. The Labute approximate surface area is 74.3 Å². The molecular formula is C7H11NO5. The fraction of sp³-hybridized carbons (Fsp3) is 0.857. The van der Waals surface area contributed by atoms with Crippen LogP contribution in [-0.2, 0) is 4.74 Å². The number of rotatable bonds is 0. The quantitative estimate of drug-likeness (QED) is 0.420. The van der Waals surface area contributed by atoms with Crippen molar-refractivity contribution in [3.63, 3.8) is 0 Å². The van der Waals surface area contributed by atoms with Gasteiger partial charge in [0.05, 0.1) is 6.10 Å². The predicted octanol–water partition coefficient (Wildman–Crippen LogP) is -1.75. The first-order valence-corrected chi connectivity index (χ1v) is 4.08. The molecule has 13 heavy (non-hydrogen) atoms. The Bertz CT molecular complexity index is 245. The number of piperidine rings is 1. The maximum absolute atomic E-state index is 11.0. The lowest BCUT2D eigenvalue weighted by Gasteiger charge is -2.41. The fourth-order valence-electron chi connectivity index (χ4n) is 1.74. The number of hydrogen-bond acceptors (Lipinski definition) is 5. The van der Waals surface area contributed by atoms with E-state index < -0.39 is 24.0 Å². The molecule has 0 spiro atoms. The molecule has 3 N–H and O–H groups in total. The summed E-state index contributed by atoms with van der Waals surface area (Å²) in [6.45, 7) is -0.0857. The number of aliphatic hydroxyl groups excluding tert-OH is 2. The Kier molecular flexibility index (Phi) is 1.73. The van der Waals surface area contributed by atoms with Crippen LogP contribution in [0, 0.1) is 0 Å². The van der Waals surface area contributed by atoms with Crippen LogP contribution in [0.4, 0.5) is 4.79 Å². The van der Waals surface area contributed by atoms with Gasteiger partial charge in [-0.15, -0.1) is 0 Å². The maximum Gasteiger partial charge on any atom is 0.412 e. The molecule has 74 valence electrons. The van der Waals surface area contributed by atoms with Crippen LogP contribution in [0.15, 0.2) is 0 Å². The van der Waals surface area contributed by atoms with Crippen LogP contribution in [0.25, 0.3) is 0 Å². The van der Waals surface area contributed by atoms with Gasteiger partial charge in [-0.05, 0) is 6.42 Å². The van der Waals surface area contributed by atoms with Crippen LogP contribution in [0.2, 0.25) is 0 Å². The molecule has 2 aliphatic rings. The second-order valence-electron chi connectivity index (χ2n) is 3.39. The third kappa shape index (κ3) is 1.03. The number of cyclic esters (lactones) is 1. The number of carbonyl (C=O) groups excluding carboxylic acids is 1. The lowest BCUT2D eigenvalue weighted by molar-refractivity contribution is -0.201. The van der Waals surface area contributed by atoms with E-state index in [-0.39, 0.29) is 19.6 Å². The summed E-state index contributed by atoms with van der Waals surface area (Å²) in [7, 11) is 0. The molecule has 0 aromatic carbocycles. The topological polar surface area (TPSA) is 90.2 Å². The Hall–Kier alpha value is -0.850. The Morgan fingerprint density at radius 3 is 2.92 bits per heavy atom. The number of amides is 1. The third-order valence-corrected chi connectivity index (χ3v) is 2.58. The second-order valence-corrected chi connectivity index (χ2v) is 3.39. The molecule has 2 saturated heterocycles. The van der Waals surface area contributed by atoms with Gasteiger partial charge in [0.2, 0.25) is 5.72 Å². The third-order valence-electron chi connectivity index (χ3n) is 2.58. The molecule has 0 radical (unpaired) electrons. The van der Waals surface area contributed by atoms with E-state index in [1.165, 1.54) is 0 Å². The molecule has 3 unspecified atom stereocenters. The van der Waals surface area contributed by atoms with Gasteiger partial charge in [-0.3, -0.25) is 4.90 Å². The lowest BCUT2D eigenvalue weighted by Crippen LogP contribution is -2.63. The Balaban J connectivity index is 2.27. The molecule has 1 amide bonds. The van der Waals surface area contributed by atoms with E-state index in [0.717, 1.165) is 4.90 Å². The summed E-state index contributed by atoms with van der Waals surface area (Å²) in [5.41, 5.74) is -1.74. The summed E-state index contributed by atoms with van der Waals surface area (Å²) in [5, 5.41) is 28.5. The number of fused-ring (bicyclic) bond motifs is 1. The van der Waals surface area contributed by atoms with E-state index >= 15 is 0 Å². The van der Waals surface area contributed by atoms with E-state index in [9.17, 15) is 20.1 Å². The molecular weight excluding hydrogens is 178 g/mol. The van der Waals surface area contributed by atoms with Gasteiger partial charge in [0, 0.05) is 6.54 Å². The van der Waals surface area contributed by atoms with Gasteiger partial charge in [-0.2, -0.15) is 0 Å². The largest absolute Gasteiger partial charge is 0.444 e. The molecule has 0 aromatic rings. The SMILES string of the molecule is O=C1OCC2(O)C(O)C(O)CCN12. The minimum absolute atomic E-state index is 0.202. The Morgan fingerprint density at radius 1 is 1.54 bits per heavy atom. The van der Waals surface area contributed by atoms with E-state index in [1.807, 2.05) is 0 Å². The van der Waals surface area contributed by atoms with Crippen LogP contribution in [0.5, 0.6) is 0 Å². The second kappa shape index (κ2) is 2.57. The van der Waals surface area contributed by atoms with Crippen molar-refractivity contribution in [2.45, 2.75) is 24.4 Å². The van der Waals surface area contributed by atoms with Gasteiger partial charge in [0.1, 0.15) is 12.7 Å². The van der Waals surface area contributed by atoms with Gasteiger partial charge >= 0.3 is 6.09 Å². The summed E-state index contributed by atoms with van der Waals surface area (Å²) in [5.74, 6) is 0. The monoisotopic (exact) mass is 189 g/mol. The van der Waals surface area contributed by atoms with Gasteiger partial charge in [-0.25, -0.2) is 4.79 Å². The fourth-order valence-corrected chi connectivity index (χ4v) is 1.74. The molecule has 0 saturated carbocycles. The van der Waals surface area contributed by atoms with E-state index in [2.05, 4.69) is 4.74 Å². The molecule has 6 nitrogen and oxygen atoms in total. The average Bonchev–Trinajstić information content (AvgIpc) is 2.39. The molecule has 2 fully saturated rings. The molecule has 3 atom stereocenters. The highest BCUT2D eigenvalue weighted by Crippen LogP contribution is 2.31. The molecule has 2 rings (SSSR count). The average molecular weight is 189 g/mol. The van der Waals surface area contributed by atoms with Crippen molar-refractivity contribution in [3.8, 4) is 0 Å². The molecule has 0 aliphatic carbocycles. The zero-order valence-electron chi connectivity index (χ0n) is 6.88. The summed E-state index contributed by atoms with van der Waals surface area (Å²) in [6.07, 6.45) is -2.75. The van der Waals surface area contributed by atoms with Crippen LogP contribution in [0.1, 0.15) is 6.42 Å². The standard InChI is InChI=1S/C7H11NO5/c9-4-1-2-8-6(11)13-3-7(8,12)5(4)10/h4-5,9-10,12H,1-3H2. The summed E-state index contributed by atoms with van der Waals surface area (Å²) in [4.78, 5) is 12.1. The minimum Gasteiger partial charge on any atom is -0.444 e. The zero-order chi connectivity index (χ0) is 9.64. The first-order valence-electron chi connectivity index (χ1n) is 4.08. The van der Waals surface area contributed by atoms with Crippen molar-refractivity contribution >= 4 is 6.09 Å². The van der Waals surface area contributed by atoms with Crippen LogP contribution >= 0.6 is 0 Å². The highest BCUT2D eigenvalue weighted by Gasteiger charge is 2.56. The highest BCUT2D eigenvalue weighted by atomic mass is 16.6. The van der Waals surface area contributed by atoms with Crippen molar-refractivity contribution in [1.29, 1.82) is 0 Å². The lowest BCUT2D eigenvalue weighted by atomic mass is 9.94. The molecule has 6 heteroatoms. The van der Waals surface area contributed by atoms with Crippen molar-refractivity contribution < 1.29 is 24.9 Å². The maximum atomic E-state index is 11.0. The molecule has 0 bridgehead atoms. The summed E-state index contributed by atoms with van der Waals surface area (Å²) >= 11 is 0. The van der Waals surface area contributed by atoms with E-state index in [4.69, 9.17) is 0 Å². The first-order chi connectivity index (χ1) is 6.05. The Morgan fingerprint density at radius 2 is 2.23 bits per heavy atom. The van der Waals surface area contributed by atoms with Crippen molar-refractivity contribution in [1.82, 2.24) is 4.90 Å². The highest BCUT2D eigenvalue weighted by molar-refractivity contribution is 5.71. The van der Waals surface area contributed by atoms with Crippen molar-refractivity contribution in [2.75, 3.05) is 13.2 Å². The normalized spacial score (nSPS) is 44.5. The first kappa shape index (κ1) is 8.74. The number of hydrogen-bond donors (Lipinski definition) is 3. The number of carbonyl (C=O) groups is 1. The summed E-state index contributed by atoms with van der Waals surface area (Å²) in [6, 6.07) is 0. The molecule has 2 aliphatic heterocycles. The van der Waals surface area contributed by atoms with Crippen LogP contribution < -0.4 is 0 Å². The minimum atomic E-state index is -1.74. The zero-order valence-corrected chi connectivity index (χ0v) is 6.88. The number of aliphatic hydroxyl groups is 3. The summed E-state index contributed by atoms with van der Waals surface area (Å²) < 4.78 is 4.59. The van der Waals surface area contributed by atoms with E-state index in [1.54, 1.807) is 0 Å². The van der Waals surface area contributed by atoms with Gasteiger partial charge in [0.15, 0.2) is 0 Å². The van der Waals surface area contributed by atoms with Crippen molar-refractivity contribution in [2.24, 2.45) is 0 Å². The predicted molar refractivity (Wildman–Crippen MR) is 39.6 cm³/mol. The van der Waals surface area contributed by atoms with Gasteiger partial charge in [-0.1, -0.05) is 0 Å². The molecule has 2 heterocycles. The van der Waals surface area contributed by atoms with Gasteiger partial charge in [0.25, 0.3) is 0 Å². The van der Waals surface area contributed by atoms with Crippen molar-refractivity contribution in [3.05, 3.63) is 0 Å². The van der Waals surface area contributed by atoms with Gasteiger partial charge < -0.3 is 20.1 Å². The van der Waals surface area contributed by atoms with E-state index in [0.29, 0.717) is 0 Å². The number of ether oxygens (including phenoxy) is 1. The van der Waals surface area contributed by atoms with Crippen LogP contribution in [0.3, 0.4) is 0 Å². The van der Waals surface area contributed by atoms with Crippen LogP contribution in [-0.4, -0.2) is 57.4 Å². The smallest absolute Gasteiger partial charge is 0.412 e.